The first kappa shape index (κ1) is 19.5. The van der Waals surface area contributed by atoms with Gasteiger partial charge in [-0.25, -0.2) is 0 Å². The van der Waals surface area contributed by atoms with Crippen LogP contribution in [0.15, 0.2) is 48.5 Å². The Bertz CT molecular complexity index is 887. The first-order valence-electron chi connectivity index (χ1n) is 10.5. The van der Waals surface area contributed by atoms with Gasteiger partial charge in [-0.05, 0) is 43.5 Å². The van der Waals surface area contributed by atoms with Gasteiger partial charge in [0, 0.05) is 51.0 Å². The van der Waals surface area contributed by atoms with Gasteiger partial charge < -0.3 is 14.7 Å². The van der Waals surface area contributed by atoms with E-state index in [9.17, 15) is 9.59 Å². The van der Waals surface area contributed by atoms with Crippen LogP contribution in [0.3, 0.4) is 0 Å². The molecule has 2 aliphatic rings. The maximum absolute atomic E-state index is 13.1. The normalized spacial score (nSPS) is 19.1. The summed E-state index contributed by atoms with van der Waals surface area (Å²) in [5.74, 6) is -0.213. The Kier molecular flexibility index (Phi) is 5.56. The molecule has 5 nitrogen and oxygen atoms in total. The lowest BCUT2D eigenvalue weighted by atomic mass is 10.1. The van der Waals surface area contributed by atoms with Gasteiger partial charge in [0.15, 0.2) is 0 Å². The van der Waals surface area contributed by atoms with Gasteiger partial charge in [-0.1, -0.05) is 35.9 Å². The van der Waals surface area contributed by atoms with E-state index in [1.807, 2.05) is 44.3 Å². The Morgan fingerprint density at radius 2 is 1.76 bits per heavy atom. The Hall–Kier alpha value is -2.82. The summed E-state index contributed by atoms with van der Waals surface area (Å²) < 4.78 is 0. The highest BCUT2D eigenvalue weighted by molar-refractivity contribution is 6.00. The van der Waals surface area contributed by atoms with Gasteiger partial charge in [-0.15, -0.1) is 0 Å². The molecule has 1 atom stereocenters. The molecule has 0 saturated carbocycles. The molecule has 1 unspecified atom stereocenters. The number of amides is 2. The number of carbonyl (C=O) groups excluding carboxylic acids is 2. The molecule has 29 heavy (non-hydrogen) atoms. The number of hydrogen-bond donors (Lipinski definition) is 0. The second-order valence-corrected chi connectivity index (χ2v) is 8.26. The maximum atomic E-state index is 13.1. The zero-order chi connectivity index (χ0) is 20.4. The van der Waals surface area contributed by atoms with Crippen LogP contribution in [-0.4, -0.2) is 43.4 Å². The van der Waals surface area contributed by atoms with E-state index in [-0.39, 0.29) is 24.2 Å². The van der Waals surface area contributed by atoms with Gasteiger partial charge in [-0.3, -0.25) is 9.59 Å². The molecule has 0 aromatic heterocycles. The summed E-state index contributed by atoms with van der Waals surface area (Å²) in [5, 5.41) is 0. The van der Waals surface area contributed by atoms with Crippen LogP contribution in [0, 0.1) is 12.8 Å². The average Bonchev–Trinajstić information content (AvgIpc) is 3.38. The van der Waals surface area contributed by atoms with E-state index in [1.165, 1.54) is 24.1 Å². The fourth-order valence-electron chi connectivity index (χ4n) is 4.40. The van der Waals surface area contributed by atoms with Crippen LogP contribution in [0.5, 0.6) is 0 Å². The van der Waals surface area contributed by atoms with Crippen LogP contribution in [0.4, 0.5) is 11.4 Å². The molecule has 2 aromatic carbocycles. The van der Waals surface area contributed by atoms with Gasteiger partial charge >= 0.3 is 0 Å². The summed E-state index contributed by atoms with van der Waals surface area (Å²) in [4.78, 5) is 31.6. The van der Waals surface area contributed by atoms with Gasteiger partial charge in [0.2, 0.25) is 11.8 Å². The minimum atomic E-state index is -0.284. The number of para-hydroxylation sites is 1. The third-order valence-corrected chi connectivity index (χ3v) is 6.04. The molecular formula is C24H29N3O2. The summed E-state index contributed by atoms with van der Waals surface area (Å²) in [6, 6.07) is 16.3. The molecule has 0 spiro atoms. The van der Waals surface area contributed by atoms with Crippen LogP contribution in [0.2, 0.25) is 0 Å². The lowest BCUT2D eigenvalue weighted by molar-refractivity contribution is -0.135. The molecule has 2 heterocycles. The quantitative estimate of drug-likeness (QED) is 0.782. The zero-order valence-corrected chi connectivity index (χ0v) is 17.3. The van der Waals surface area contributed by atoms with E-state index in [4.69, 9.17) is 0 Å². The first-order valence-corrected chi connectivity index (χ1v) is 10.5. The number of hydrogen-bond acceptors (Lipinski definition) is 3. The van der Waals surface area contributed by atoms with Crippen LogP contribution in [0.1, 0.15) is 30.4 Å². The van der Waals surface area contributed by atoms with Crippen molar-refractivity contribution in [3.63, 3.8) is 0 Å². The summed E-state index contributed by atoms with van der Waals surface area (Å²) in [6.07, 6.45) is 2.73. The molecule has 2 aliphatic heterocycles. The lowest BCUT2D eigenvalue weighted by Crippen LogP contribution is -2.34. The van der Waals surface area contributed by atoms with Crippen molar-refractivity contribution >= 4 is 23.2 Å². The second kappa shape index (κ2) is 8.27. The minimum Gasteiger partial charge on any atom is -0.371 e. The SMILES string of the molecule is Cc1ccc(N2CC(C(=O)N(C)Cc3ccccc3N3CCCC3)CC2=O)cc1. The van der Waals surface area contributed by atoms with Gasteiger partial charge in [0.25, 0.3) is 0 Å². The number of aryl methyl sites for hydroxylation is 1. The van der Waals surface area contributed by atoms with Crippen molar-refractivity contribution in [2.24, 2.45) is 5.92 Å². The fourth-order valence-corrected chi connectivity index (χ4v) is 4.40. The van der Waals surface area contributed by atoms with E-state index in [2.05, 4.69) is 23.1 Å². The molecule has 5 heteroatoms. The molecule has 4 rings (SSSR count). The predicted octanol–water partition coefficient (Wildman–Crippen LogP) is 3.61. The number of anilines is 2. The second-order valence-electron chi connectivity index (χ2n) is 8.26. The number of benzene rings is 2. The third kappa shape index (κ3) is 4.14. The Labute approximate surface area is 172 Å². The Morgan fingerprint density at radius 3 is 2.48 bits per heavy atom. The van der Waals surface area contributed by atoms with Crippen LogP contribution in [0.25, 0.3) is 0 Å². The number of nitrogens with zero attached hydrogens (tertiary/aromatic N) is 3. The van der Waals surface area contributed by atoms with Crippen molar-refractivity contribution in [1.82, 2.24) is 4.90 Å². The van der Waals surface area contributed by atoms with Gasteiger partial charge in [0.05, 0.1) is 5.92 Å². The molecule has 0 radical (unpaired) electrons. The van der Waals surface area contributed by atoms with Crippen molar-refractivity contribution < 1.29 is 9.59 Å². The van der Waals surface area contributed by atoms with Crippen molar-refractivity contribution in [2.45, 2.75) is 32.7 Å². The Balaban J connectivity index is 1.44. The summed E-state index contributed by atoms with van der Waals surface area (Å²) in [6.45, 7) is 5.21. The van der Waals surface area contributed by atoms with E-state index < -0.39 is 0 Å². The van der Waals surface area contributed by atoms with Crippen LogP contribution in [-0.2, 0) is 16.1 Å². The highest BCUT2D eigenvalue weighted by Gasteiger charge is 2.36. The largest absolute Gasteiger partial charge is 0.371 e. The highest BCUT2D eigenvalue weighted by Crippen LogP contribution is 2.29. The van der Waals surface area contributed by atoms with Gasteiger partial charge in [-0.2, -0.15) is 0 Å². The summed E-state index contributed by atoms with van der Waals surface area (Å²) in [7, 11) is 1.85. The third-order valence-electron chi connectivity index (χ3n) is 6.04. The van der Waals surface area contributed by atoms with Crippen molar-refractivity contribution in [1.29, 1.82) is 0 Å². The van der Waals surface area contributed by atoms with E-state index in [0.717, 1.165) is 24.3 Å². The highest BCUT2D eigenvalue weighted by atomic mass is 16.2. The standard InChI is InChI=1S/C24H29N3O2/c1-18-9-11-21(12-10-18)27-17-20(15-23(27)28)24(29)25(2)16-19-7-3-4-8-22(19)26-13-5-6-14-26/h3-4,7-12,20H,5-6,13-17H2,1-2H3. The van der Waals surface area contributed by atoms with Gasteiger partial charge in [0.1, 0.15) is 0 Å². The lowest BCUT2D eigenvalue weighted by Gasteiger charge is -2.26. The number of carbonyl (C=O) groups is 2. The molecule has 2 saturated heterocycles. The molecule has 0 bridgehead atoms. The van der Waals surface area contributed by atoms with Crippen molar-refractivity contribution in [3.05, 3.63) is 59.7 Å². The fraction of sp³-hybridized carbons (Fsp3) is 0.417. The minimum absolute atomic E-state index is 0.0260. The van der Waals surface area contributed by atoms with E-state index in [0.29, 0.717) is 13.1 Å². The molecule has 0 N–H and O–H groups in total. The monoisotopic (exact) mass is 391 g/mol. The van der Waals surface area contributed by atoms with Crippen LogP contribution >= 0.6 is 0 Å². The molecule has 2 aromatic rings. The average molecular weight is 392 g/mol. The zero-order valence-electron chi connectivity index (χ0n) is 17.3. The summed E-state index contributed by atoms with van der Waals surface area (Å²) in [5.41, 5.74) is 4.43. The van der Waals surface area contributed by atoms with Crippen molar-refractivity contribution in [3.8, 4) is 0 Å². The summed E-state index contributed by atoms with van der Waals surface area (Å²) >= 11 is 0. The first-order chi connectivity index (χ1) is 14.0. The molecule has 0 aliphatic carbocycles. The molecule has 2 fully saturated rings. The van der Waals surface area contributed by atoms with Crippen LogP contribution < -0.4 is 9.80 Å². The maximum Gasteiger partial charge on any atom is 0.228 e. The van der Waals surface area contributed by atoms with Crippen molar-refractivity contribution in [2.75, 3.05) is 36.5 Å². The number of rotatable bonds is 5. The smallest absolute Gasteiger partial charge is 0.228 e. The predicted molar refractivity (Wildman–Crippen MR) is 116 cm³/mol. The topological polar surface area (TPSA) is 43.9 Å². The molecule has 2 amide bonds. The molecular weight excluding hydrogens is 362 g/mol. The Morgan fingerprint density at radius 1 is 1.07 bits per heavy atom. The van der Waals surface area contributed by atoms with E-state index >= 15 is 0 Å². The van der Waals surface area contributed by atoms with E-state index in [1.54, 1.807) is 9.80 Å². The molecule has 152 valence electrons.